The van der Waals surface area contributed by atoms with E-state index in [1.54, 1.807) is 13.2 Å². The van der Waals surface area contributed by atoms with Crippen LogP contribution in [-0.4, -0.2) is 44.1 Å². The Morgan fingerprint density at radius 3 is 2.46 bits per heavy atom. The molecule has 0 aliphatic carbocycles. The molecule has 1 fully saturated rings. The Morgan fingerprint density at radius 1 is 1.12 bits per heavy atom. The summed E-state index contributed by atoms with van der Waals surface area (Å²) in [6.07, 6.45) is 0. The first-order chi connectivity index (χ1) is 11.7. The highest BCUT2D eigenvalue weighted by Gasteiger charge is 2.26. The van der Waals surface area contributed by atoms with Gasteiger partial charge in [0, 0.05) is 5.56 Å². The number of piperazine rings is 1. The van der Waals surface area contributed by atoms with Gasteiger partial charge < -0.3 is 14.5 Å². The van der Waals surface area contributed by atoms with Crippen molar-refractivity contribution >= 4 is 5.91 Å². The van der Waals surface area contributed by atoms with Gasteiger partial charge in [-0.1, -0.05) is 24.3 Å². The number of hydrogen-bond acceptors (Lipinski definition) is 2. The van der Waals surface area contributed by atoms with Crippen LogP contribution in [0.5, 0.6) is 5.75 Å². The van der Waals surface area contributed by atoms with E-state index >= 15 is 0 Å². The summed E-state index contributed by atoms with van der Waals surface area (Å²) >= 11 is 0. The van der Waals surface area contributed by atoms with Gasteiger partial charge in [-0.15, -0.1) is 0 Å². The number of hydrogen-bond donors (Lipinski definition) is 1. The molecule has 2 aromatic rings. The maximum absolute atomic E-state index is 13.0. The Bertz CT molecular complexity index is 695. The van der Waals surface area contributed by atoms with Crippen molar-refractivity contribution in [3.8, 4) is 5.75 Å². The summed E-state index contributed by atoms with van der Waals surface area (Å²) in [5, 5.41) is 0. The third-order valence-corrected chi connectivity index (χ3v) is 4.46. The molecule has 1 N–H and O–H groups in total. The molecule has 0 aromatic heterocycles. The van der Waals surface area contributed by atoms with Gasteiger partial charge in [0.15, 0.2) is 0 Å². The van der Waals surface area contributed by atoms with Crippen molar-refractivity contribution in [1.82, 2.24) is 4.90 Å². The van der Waals surface area contributed by atoms with Crippen LogP contribution in [0, 0.1) is 5.82 Å². The SMILES string of the molecule is COc1ccccc1C(=O)N1CC[NH+](Cc2ccc(F)cc2)CC1. The van der Waals surface area contributed by atoms with Gasteiger partial charge >= 0.3 is 0 Å². The number of methoxy groups -OCH3 is 1. The van der Waals surface area contributed by atoms with Crippen LogP contribution >= 0.6 is 0 Å². The molecule has 1 amide bonds. The van der Waals surface area contributed by atoms with Gasteiger partial charge in [0.2, 0.25) is 0 Å². The lowest BCUT2D eigenvalue weighted by Gasteiger charge is -2.32. The molecule has 0 bridgehead atoms. The number of nitrogens with zero attached hydrogens (tertiary/aromatic N) is 1. The normalized spacial score (nSPS) is 15.3. The van der Waals surface area contributed by atoms with E-state index in [-0.39, 0.29) is 11.7 Å². The first kappa shape index (κ1) is 16.5. The van der Waals surface area contributed by atoms with E-state index in [0.29, 0.717) is 24.4 Å². The molecule has 5 heteroatoms. The van der Waals surface area contributed by atoms with Crippen molar-refractivity contribution in [3.05, 3.63) is 65.5 Å². The summed E-state index contributed by atoms with van der Waals surface area (Å²) in [6, 6.07) is 14.0. The van der Waals surface area contributed by atoms with Gasteiger partial charge in [-0.25, -0.2) is 4.39 Å². The highest BCUT2D eigenvalue weighted by Crippen LogP contribution is 2.19. The second kappa shape index (κ2) is 7.45. The molecule has 0 atom stereocenters. The second-order valence-electron chi connectivity index (χ2n) is 6.05. The van der Waals surface area contributed by atoms with E-state index in [4.69, 9.17) is 4.74 Å². The lowest BCUT2D eigenvalue weighted by Crippen LogP contribution is -3.13. The Morgan fingerprint density at radius 2 is 1.79 bits per heavy atom. The molecular formula is C19H22FN2O2+. The summed E-state index contributed by atoms with van der Waals surface area (Å²) in [7, 11) is 1.58. The molecule has 2 aromatic carbocycles. The maximum Gasteiger partial charge on any atom is 0.258 e. The first-order valence-electron chi connectivity index (χ1n) is 8.17. The van der Waals surface area contributed by atoms with Crippen LogP contribution < -0.4 is 9.64 Å². The summed E-state index contributed by atoms with van der Waals surface area (Å²) in [5.74, 6) is 0.429. The summed E-state index contributed by atoms with van der Waals surface area (Å²) in [5.41, 5.74) is 1.73. The average Bonchev–Trinajstić information content (AvgIpc) is 2.63. The van der Waals surface area contributed by atoms with Gasteiger partial charge in [-0.05, 0) is 24.3 Å². The molecule has 1 heterocycles. The number of carbonyl (C=O) groups is 1. The smallest absolute Gasteiger partial charge is 0.258 e. The molecule has 3 rings (SSSR count). The van der Waals surface area contributed by atoms with E-state index in [0.717, 1.165) is 25.2 Å². The van der Waals surface area contributed by atoms with Crippen molar-refractivity contribution in [1.29, 1.82) is 0 Å². The van der Waals surface area contributed by atoms with Crippen molar-refractivity contribution in [2.45, 2.75) is 6.54 Å². The lowest BCUT2D eigenvalue weighted by atomic mass is 10.1. The molecule has 0 saturated carbocycles. The molecule has 0 unspecified atom stereocenters. The van der Waals surface area contributed by atoms with Crippen LogP contribution in [0.3, 0.4) is 0 Å². The zero-order valence-corrected chi connectivity index (χ0v) is 13.8. The predicted molar refractivity (Wildman–Crippen MR) is 89.7 cm³/mol. The minimum atomic E-state index is -0.207. The monoisotopic (exact) mass is 329 g/mol. The molecule has 24 heavy (non-hydrogen) atoms. The second-order valence-corrected chi connectivity index (χ2v) is 6.05. The van der Waals surface area contributed by atoms with Crippen LogP contribution in [0.4, 0.5) is 4.39 Å². The maximum atomic E-state index is 13.0. The average molecular weight is 329 g/mol. The third-order valence-electron chi connectivity index (χ3n) is 4.46. The molecule has 1 aliphatic rings. The van der Waals surface area contributed by atoms with Crippen LogP contribution in [-0.2, 0) is 6.54 Å². The minimum absolute atomic E-state index is 0.0216. The number of nitrogens with one attached hydrogen (secondary N) is 1. The molecule has 0 radical (unpaired) electrons. The first-order valence-corrected chi connectivity index (χ1v) is 8.17. The Kier molecular flexibility index (Phi) is 5.11. The number of quaternary nitrogens is 1. The largest absolute Gasteiger partial charge is 0.496 e. The standard InChI is InChI=1S/C19H21FN2O2/c1-24-18-5-3-2-4-17(18)19(23)22-12-10-21(11-13-22)14-15-6-8-16(20)9-7-15/h2-9H,10-14H2,1H3/p+1. The Hall–Kier alpha value is -2.40. The topological polar surface area (TPSA) is 34.0 Å². The van der Waals surface area contributed by atoms with E-state index in [2.05, 4.69) is 0 Å². The summed E-state index contributed by atoms with van der Waals surface area (Å²) in [4.78, 5) is 16.0. The van der Waals surface area contributed by atoms with Crippen LogP contribution in [0.25, 0.3) is 0 Å². The Balaban J connectivity index is 1.58. The number of carbonyl (C=O) groups excluding carboxylic acids is 1. The Labute approximate surface area is 141 Å². The van der Waals surface area contributed by atoms with Crippen molar-refractivity contribution < 1.29 is 18.8 Å². The third kappa shape index (κ3) is 3.74. The van der Waals surface area contributed by atoms with Crippen molar-refractivity contribution in [2.75, 3.05) is 33.3 Å². The fraction of sp³-hybridized carbons (Fsp3) is 0.316. The minimum Gasteiger partial charge on any atom is -0.496 e. The number of benzene rings is 2. The number of rotatable bonds is 4. The van der Waals surface area contributed by atoms with Gasteiger partial charge in [-0.2, -0.15) is 0 Å². The molecular weight excluding hydrogens is 307 g/mol. The molecule has 1 aliphatic heterocycles. The van der Waals surface area contributed by atoms with E-state index in [9.17, 15) is 9.18 Å². The van der Waals surface area contributed by atoms with Gasteiger partial charge in [-0.3, -0.25) is 4.79 Å². The van der Waals surface area contributed by atoms with Crippen LogP contribution in [0.15, 0.2) is 48.5 Å². The van der Waals surface area contributed by atoms with Crippen LogP contribution in [0.1, 0.15) is 15.9 Å². The fourth-order valence-corrected chi connectivity index (χ4v) is 3.09. The zero-order valence-electron chi connectivity index (χ0n) is 13.8. The van der Waals surface area contributed by atoms with E-state index < -0.39 is 0 Å². The van der Waals surface area contributed by atoms with Crippen molar-refractivity contribution in [2.24, 2.45) is 0 Å². The molecule has 0 spiro atoms. The highest BCUT2D eigenvalue weighted by atomic mass is 19.1. The number of ether oxygens (including phenoxy) is 1. The highest BCUT2D eigenvalue weighted by molar-refractivity contribution is 5.97. The molecule has 126 valence electrons. The van der Waals surface area contributed by atoms with Crippen LogP contribution in [0.2, 0.25) is 0 Å². The van der Waals surface area contributed by atoms with Gasteiger partial charge in [0.05, 0.1) is 38.9 Å². The number of amides is 1. The predicted octanol–water partition coefficient (Wildman–Crippen LogP) is 1.38. The summed E-state index contributed by atoms with van der Waals surface area (Å²) < 4.78 is 18.3. The zero-order chi connectivity index (χ0) is 16.9. The van der Waals surface area contributed by atoms with E-state index in [1.807, 2.05) is 35.2 Å². The number of halogens is 1. The lowest BCUT2D eigenvalue weighted by molar-refractivity contribution is -0.917. The summed E-state index contributed by atoms with van der Waals surface area (Å²) in [6.45, 7) is 4.06. The quantitative estimate of drug-likeness (QED) is 0.919. The molecule has 4 nitrogen and oxygen atoms in total. The molecule has 1 saturated heterocycles. The fourth-order valence-electron chi connectivity index (χ4n) is 3.09. The number of para-hydroxylation sites is 1. The van der Waals surface area contributed by atoms with Gasteiger partial charge in [0.1, 0.15) is 18.1 Å². The van der Waals surface area contributed by atoms with E-state index in [1.165, 1.54) is 17.0 Å². The van der Waals surface area contributed by atoms with Gasteiger partial charge in [0.25, 0.3) is 5.91 Å². The van der Waals surface area contributed by atoms with Crippen molar-refractivity contribution in [3.63, 3.8) is 0 Å².